The molecule has 1 amide bonds. The zero-order chi connectivity index (χ0) is 13.5. The normalized spacial score (nSPS) is 23.0. The number of carboxylic acids is 1. The van der Waals surface area contributed by atoms with E-state index in [1.807, 2.05) is 0 Å². The highest BCUT2D eigenvalue weighted by Crippen LogP contribution is 2.20. The average molecular weight is 258 g/mol. The number of nitrogens with two attached hydrogens (primary N) is 1. The lowest BCUT2D eigenvalue weighted by molar-refractivity contribution is -0.144. The van der Waals surface area contributed by atoms with Crippen LogP contribution < -0.4 is 5.73 Å². The number of likely N-dealkylation sites (N-methyl/N-ethyl adjacent to an activating group) is 1. The average Bonchev–Trinajstić information content (AvgIpc) is 2.82. The van der Waals surface area contributed by atoms with E-state index in [1.165, 1.54) is 4.90 Å². The summed E-state index contributed by atoms with van der Waals surface area (Å²) in [7, 11) is 1.65. The molecule has 0 bridgehead atoms. The molecule has 0 aromatic carbocycles. The van der Waals surface area contributed by atoms with Crippen LogP contribution in [0.4, 0.5) is 0 Å². The fraction of sp³-hybridized carbons (Fsp3) is 0.833. The number of aliphatic carboxylic acids is 1. The Bertz CT molecular complexity index is 296. The molecule has 0 saturated carbocycles. The number of amides is 1. The molecule has 1 aliphatic heterocycles. The first-order valence-corrected chi connectivity index (χ1v) is 6.34. The molecule has 18 heavy (non-hydrogen) atoms. The van der Waals surface area contributed by atoms with E-state index in [2.05, 4.69) is 0 Å². The van der Waals surface area contributed by atoms with Gasteiger partial charge in [-0.3, -0.25) is 9.59 Å². The van der Waals surface area contributed by atoms with E-state index in [-0.39, 0.29) is 18.6 Å². The molecule has 2 unspecified atom stereocenters. The van der Waals surface area contributed by atoms with Gasteiger partial charge in [0.2, 0.25) is 5.91 Å². The molecule has 1 fully saturated rings. The van der Waals surface area contributed by atoms with Crippen LogP contribution in [0.3, 0.4) is 0 Å². The van der Waals surface area contributed by atoms with Crippen LogP contribution in [0.1, 0.15) is 25.7 Å². The standard InChI is InChI=1S/C12H22N2O4/c1-14(11(15)5-3-2-4-6-13)10-8-18-7-9(10)12(16)17/h9-10H,2-8,13H2,1H3,(H,16,17). The predicted molar refractivity (Wildman–Crippen MR) is 66.0 cm³/mol. The van der Waals surface area contributed by atoms with Gasteiger partial charge in [-0.05, 0) is 19.4 Å². The number of carbonyl (C=O) groups is 2. The monoisotopic (exact) mass is 258 g/mol. The second-order valence-electron chi connectivity index (χ2n) is 4.65. The molecular weight excluding hydrogens is 236 g/mol. The summed E-state index contributed by atoms with van der Waals surface area (Å²) in [6.45, 7) is 1.13. The van der Waals surface area contributed by atoms with E-state index in [0.29, 0.717) is 19.6 Å². The summed E-state index contributed by atoms with van der Waals surface area (Å²) >= 11 is 0. The van der Waals surface area contributed by atoms with Gasteiger partial charge in [0.05, 0.1) is 19.3 Å². The molecule has 0 radical (unpaired) electrons. The number of carboxylic acid groups (broad SMARTS) is 1. The van der Waals surface area contributed by atoms with Crippen molar-refractivity contribution in [1.29, 1.82) is 0 Å². The molecule has 0 aromatic rings. The molecule has 0 spiro atoms. The predicted octanol–water partition coefficient (Wildman–Crippen LogP) is 0.0635. The first-order valence-electron chi connectivity index (χ1n) is 6.34. The zero-order valence-corrected chi connectivity index (χ0v) is 10.8. The molecule has 0 aliphatic carbocycles. The van der Waals surface area contributed by atoms with Crippen LogP contribution >= 0.6 is 0 Å². The van der Waals surface area contributed by atoms with Crippen molar-refractivity contribution in [2.45, 2.75) is 31.7 Å². The molecule has 1 saturated heterocycles. The van der Waals surface area contributed by atoms with Crippen LogP contribution in [0.2, 0.25) is 0 Å². The van der Waals surface area contributed by atoms with Crippen molar-refractivity contribution in [3.05, 3.63) is 0 Å². The molecule has 1 rings (SSSR count). The molecule has 6 nitrogen and oxygen atoms in total. The van der Waals surface area contributed by atoms with Crippen LogP contribution in [0, 0.1) is 5.92 Å². The van der Waals surface area contributed by atoms with E-state index in [9.17, 15) is 9.59 Å². The fourth-order valence-corrected chi connectivity index (χ4v) is 2.12. The molecule has 1 aliphatic rings. The third-order valence-electron chi connectivity index (χ3n) is 3.35. The number of rotatable bonds is 7. The minimum absolute atomic E-state index is 0.0197. The molecule has 6 heteroatoms. The van der Waals surface area contributed by atoms with E-state index in [0.717, 1.165) is 19.3 Å². The molecule has 104 valence electrons. The Balaban J connectivity index is 2.40. The number of nitrogens with zero attached hydrogens (tertiary/aromatic N) is 1. The van der Waals surface area contributed by atoms with Gasteiger partial charge >= 0.3 is 5.97 Å². The van der Waals surface area contributed by atoms with Gasteiger partial charge in [-0.1, -0.05) is 6.42 Å². The highest BCUT2D eigenvalue weighted by molar-refractivity contribution is 5.78. The summed E-state index contributed by atoms with van der Waals surface area (Å²) in [5.41, 5.74) is 5.38. The van der Waals surface area contributed by atoms with Crippen molar-refractivity contribution in [2.75, 3.05) is 26.8 Å². The number of hydrogen-bond donors (Lipinski definition) is 2. The molecule has 0 aromatic heterocycles. The summed E-state index contributed by atoms with van der Waals surface area (Å²) in [5, 5.41) is 9.03. The van der Waals surface area contributed by atoms with Crippen LogP contribution in [-0.2, 0) is 14.3 Å². The van der Waals surface area contributed by atoms with Crippen LogP contribution in [0.15, 0.2) is 0 Å². The number of ether oxygens (including phenoxy) is 1. The first-order chi connectivity index (χ1) is 8.57. The van der Waals surface area contributed by atoms with Crippen molar-refractivity contribution in [2.24, 2.45) is 11.7 Å². The van der Waals surface area contributed by atoms with Crippen molar-refractivity contribution in [1.82, 2.24) is 4.90 Å². The van der Waals surface area contributed by atoms with Crippen LogP contribution in [0.5, 0.6) is 0 Å². The smallest absolute Gasteiger partial charge is 0.311 e. The first kappa shape index (κ1) is 14.9. The Morgan fingerprint density at radius 3 is 2.67 bits per heavy atom. The Kier molecular flexibility index (Phi) is 6.07. The summed E-state index contributed by atoms with van der Waals surface area (Å²) in [6, 6.07) is -0.343. The maximum absolute atomic E-state index is 11.9. The van der Waals surface area contributed by atoms with Gasteiger partial charge in [0, 0.05) is 13.5 Å². The lowest BCUT2D eigenvalue weighted by Gasteiger charge is -2.26. The number of unbranched alkanes of at least 4 members (excludes halogenated alkanes) is 2. The molecule has 3 N–H and O–H groups in total. The van der Waals surface area contributed by atoms with Crippen molar-refractivity contribution in [3.8, 4) is 0 Å². The Labute approximate surface area is 107 Å². The second kappa shape index (κ2) is 7.33. The molecular formula is C12H22N2O4. The summed E-state index contributed by atoms with van der Waals surface area (Å²) in [4.78, 5) is 24.4. The highest BCUT2D eigenvalue weighted by Gasteiger charge is 2.38. The molecule has 1 heterocycles. The lowest BCUT2D eigenvalue weighted by atomic mass is 10.0. The number of hydrogen-bond acceptors (Lipinski definition) is 4. The maximum atomic E-state index is 11.9. The SMILES string of the molecule is CN(C(=O)CCCCCN)C1COCC1C(=O)O. The Morgan fingerprint density at radius 1 is 1.33 bits per heavy atom. The van der Waals surface area contributed by atoms with Gasteiger partial charge in [0.15, 0.2) is 0 Å². The van der Waals surface area contributed by atoms with Crippen molar-refractivity contribution in [3.63, 3.8) is 0 Å². The summed E-state index contributed by atoms with van der Waals surface area (Å²) in [6.07, 6.45) is 3.09. The van der Waals surface area contributed by atoms with Crippen LogP contribution in [-0.4, -0.2) is 54.7 Å². The topological polar surface area (TPSA) is 92.9 Å². The van der Waals surface area contributed by atoms with Crippen molar-refractivity contribution >= 4 is 11.9 Å². The fourth-order valence-electron chi connectivity index (χ4n) is 2.12. The summed E-state index contributed by atoms with van der Waals surface area (Å²) < 4.78 is 5.15. The lowest BCUT2D eigenvalue weighted by Crippen LogP contribution is -2.44. The Hall–Kier alpha value is -1.14. The van der Waals surface area contributed by atoms with E-state index >= 15 is 0 Å². The van der Waals surface area contributed by atoms with E-state index in [1.54, 1.807) is 7.05 Å². The van der Waals surface area contributed by atoms with E-state index < -0.39 is 11.9 Å². The van der Waals surface area contributed by atoms with Gasteiger partial charge in [0.25, 0.3) is 0 Å². The summed E-state index contributed by atoms with van der Waals surface area (Å²) in [5.74, 6) is -1.53. The van der Waals surface area contributed by atoms with Gasteiger partial charge in [-0.2, -0.15) is 0 Å². The largest absolute Gasteiger partial charge is 0.481 e. The Morgan fingerprint density at radius 2 is 2.06 bits per heavy atom. The van der Waals surface area contributed by atoms with E-state index in [4.69, 9.17) is 15.6 Å². The molecule has 2 atom stereocenters. The maximum Gasteiger partial charge on any atom is 0.311 e. The van der Waals surface area contributed by atoms with Crippen molar-refractivity contribution < 1.29 is 19.4 Å². The zero-order valence-electron chi connectivity index (χ0n) is 10.8. The second-order valence-corrected chi connectivity index (χ2v) is 4.65. The quantitative estimate of drug-likeness (QED) is 0.630. The van der Waals surface area contributed by atoms with Gasteiger partial charge in [0.1, 0.15) is 5.92 Å². The third kappa shape index (κ3) is 3.96. The minimum atomic E-state index is -0.903. The highest BCUT2D eigenvalue weighted by atomic mass is 16.5. The van der Waals surface area contributed by atoms with Gasteiger partial charge in [-0.25, -0.2) is 0 Å². The minimum Gasteiger partial charge on any atom is -0.481 e. The number of carbonyl (C=O) groups excluding carboxylic acids is 1. The third-order valence-corrected chi connectivity index (χ3v) is 3.35. The van der Waals surface area contributed by atoms with Gasteiger partial charge in [-0.15, -0.1) is 0 Å². The van der Waals surface area contributed by atoms with Gasteiger partial charge < -0.3 is 20.5 Å². The van der Waals surface area contributed by atoms with Crippen LogP contribution in [0.25, 0.3) is 0 Å².